The molecule has 0 atom stereocenters. The maximum absolute atomic E-state index is 11.7. The summed E-state index contributed by atoms with van der Waals surface area (Å²) in [6.07, 6.45) is 9.25. The zero-order valence-electron chi connectivity index (χ0n) is 13.9. The van der Waals surface area contributed by atoms with Crippen molar-refractivity contribution in [3.8, 4) is 5.75 Å². The zero-order chi connectivity index (χ0) is 15.9. The van der Waals surface area contributed by atoms with Crippen LogP contribution in [-0.4, -0.2) is 25.1 Å². The number of ether oxygens (including phenoxy) is 1. The zero-order valence-corrected chi connectivity index (χ0v) is 13.9. The highest BCUT2D eigenvalue weighted by atomic mass is 16.5. The van der Waals surface area contributed by atoms with Crippen molar-refractivity contribution in [2.75, 3.05) is 13.1 Å². The lowest BCUT2D eigenvalue weighted by molar-refractivity contribution is -0.120. The molecule has 0 unspecified atom stereocenters. The van der Waals surface area contributed by atoms with Gasteiger partial charge in [-0.15, -0.1) is 0 Å². The summed E-state index contributed by atoms with van der Waals surface area (Å²) in [6, 6.07) is 8.11. The molecule has 2 fully saturated rings. The van der Waals surface area contributed by atoms with Gasteiger partial charge in [0.25, 0.3) is 0 Å². The molecule has 1 amide bonds. The molecule has 1 aromatic carbocycles. The Hall–Kier alpha value is -1.55. The Morgan fingerprint density at radius 1 is 1.04 bits per heavy atom. The van der Waals surface area contributed by atoms with Crippen molar-refractivity contribution < 1.29 is 9.53 Å². The van der Waals surface area contributed by atoms with E-state index >= 15 is 0 Å². The Kier molecular flexibility index (Phi) is 5.92. The number of amides is 1. The average Bonchev–Trinajstić information content (AvgIpc) is 3.39. The van der Waals surface area contributed by atoms with Gasteiger partial charge in [0.1, 0.15) is 5.75 Å². The number of rotatable bonds is 8. The van der Waals surface area contributed by atoms with E-state index in [0.29, 0.717) is 19.2 Å². The minimum atomic E-state index is 0.0631. The number of nitrogens with one attached hydrogen (secondary N) is 2. The third kappa shape index (κ3) is 5.87. The number of hydrogen-bond donors (Lipinski definition) is 2. The van der Waals surface area contributed by atoms with Crippen molar-refractivity contribution in [1.82, 2.24) is 10.6 Å². The Bertz CT molecular complexity index is 491. The fourth-order valence-electron chi connectivity index (χ4n) is 3.04. The molecule has 2 aliphatic carbocycles. The fraction of sp³-hybridized carbons (Fsp3) is 0.632. The van der Waals surface area contributed by atoms with E-state index in [-0.39, 0.29) is 5.91 Å². The molecule has 4 nitrogen and oxygen atoms in total. The predicted molar refractivity (Wildman–Crippen MR) is 91.4 cm³/mol. The second-order valence-electron chi connectivity index (χ2n) is 6.87. The number of hydrogen-bond acceptors (Lipinski definition) is 3. The van der Waals surface area contributed by atoms with Gasteiger partial charge in [0.05, 0.1) is 12.6 Å². The van der Waals surface area contributed by atoms with Crippen molar-refractivity contribution in [1.29, 1.82) is 0 Å². The lowest BCUT2D eigenvalue weighted by Crippen LogP contribution is -2.34. The van der Waals surface area contributed by atoms with Gasteiger partial charge in [-0.1, -0.05) is 18.6 Å². The van der Waals surface area contributed by atoms with Gasteiger partial charge in [-0.3, -0.25) is 4.79 Å². The Labute approximate surface area is 139 Å². The van der Waals surface area contributed by atoms with E-state index in [4.69, 9.17) is 4.74 Å². The molecule has 0 heterocycles. The van der Waals surface area contributed by atoms with E-state index in [1.807, 2.05) is 24.3 Å². The molecule has 4 heteroatoms. The highest BCUT2D eigenvalue weighted by molar-refractivity contribution is 5.77. The Morgan fingerprint density at radius 3 is 2.48 bits per heavy atom. The molecule has 3 rings (SSSR count). The van der Waals surface area contributed by atoms with Crippen molar-refractivity contribution >= 4 is 5.91 Å². The van der Waals surface area contributed by atoms with E-state index in [1.165, 1.54) is 44.9 Å². The van der Waals surface area contributed by atoms with E-state index in [1.54, 1.807) is 0 Å². The van der Waals surface area contributed by atoms with Crippen LogP contribution in [0.15, 0.2) is 24.3 Å². The van der Waals surface area contributed by atoms with Gasteiger partial charge in [0, 0.05) is 6.54 Å². The second kappa shape index (κ2) is 8.34. The summed E-state index contributed by atoms with van der Waals surface area (Å²) in [5, 5.41) is 6.16. The van der Waals surface area contributed by atoms with Crippen LogP contribution in [0.2, 0.25) is 0 Å². The molecule has 126 valence electrons. The third-order valence-electron chi connectivity index (χ3n) is 4.68. The molecule has 0 spiro atoms. The van der Waals surface area contributed by atoms with Gasteiger partial charge in [0.15, 0.2) is 0 Å². The third-order valence-corrected chi connectivity index (χ3v) is 4.68. The maximum atomic E-state index is 11.7. The maximum Gasteiger partial charge on any atom is 0.234 e. The SMILES string of the molecule is O=C(CNCC1CC1)NCc1ccc(OC2CCCCC2)cc1. The summed E-state index contributed by atoms with van der Waals surface area (Å²) in [5.74, 6) is 1.81. The molecule has 2 N–H and O–H groups in total. The normalized spacial score (nSPS) is 18.6. The van der Waals surface area contributed by atoms with Gasteiger partial charge in [0.2, 0.25) is 5.91 Å². The summed E-state index contributed by atoms with van der Waals surface area (Å²) in [5.41, 5.74) is 1.11. The summed E-state index contributed by atoms with van der Waals surface area (Å²) in [4.78, 5) is 11.7. The van der Waals surface area contributed by atoms with Crippen molar-refractivity contribution in [3.05, 3.63) is 29.8 Å². The Balaban J connectivity index is 1.35. The molecule has 0 radical (unpaired) electrons. The van der Waals surface area contributed by atoms with Crippen LogP contribution in [0.25, 0.3) is 0 Å². The van der Waals surface area contributed by atoms with Crippen LogP contribution in [-0.2, 0) is 11.3 Å². The lowest BCUT2D eigenvalue weighted by Gasteiger charge is -2.23. The lowest BCUT2D eigenvalue weighted by atomic mass is 9.98. The molecular formula is C19H28N2O2. The molecule has 0 aromatic heterocycles. The molecular weight excluding hydrogens is 288 g/mol. The van der Waals surface area contributed by atoms with Crippen molar-refractivity contribution in [2.24, 2.45) is 5.92 Å². The molecule has 0 bridgehead atoms. The van der Waals surface area contributed by atoms with E-state index in [0.717, 1.165) is 23.8 Å². The first-order chi connectivity index (χ1) is 11.3. The van der Waals surface area contributed by atoms with Crippen LogP contribution in [0.5, 0.6) is 5.75 Å². The first-order valence-electron chi connectivity index (χ1n) is 9.02. The van der Waals surface area contributed by atoms with E-state index in [2.05, 4.69) is 10.6 Å². The number of carbonyl (C=O) groups excluding carboxylic acids is 1. The largest absolute Gasteiger partial charge is 0.490 e. The van der Waals surface area contributed by atoms with Crippen LogP contribution < -0.4 is 15.4 Å². The van der Waals surface area contributed by atoms with Gasteiger partial charge >= 0.3 is 0 Å². The highest BCUT2D eigenvalue weighted by Gasteiger charge is 2.20. The molecule has 0 saturated heterocycles. The monoisotopic (exact) mass is 316 g/mol. The Morgan fingerprint density at radius 2 is 1.78 bits per heavy atom. The fourth-order valence-corrected chi connectivity index (χ4v) is 3.04. The summed E-state index contributed by atoms with van der Waals surface area (Å²) in [6.45, 7) is 1.97. The minimum absolute atomic E-state index is 0.0631. The minimum Gasteiger partial charge on any atom is -0.490 e. The van der Waals surface area contributed by atoms with Crippen LogP contribution in [0.4, 0.5) is 0 Å². The van der Waals surface area contributed by atoms with E-state index in [9.17, 15) is 4.79 Å². The topological polar surface area (TPSA) is 50.4 Å². The van der Waals surface area contributed by atoms with Crippen LogP contribution in [0.1, 0.15) is 50.5 Å². The number of carbonyl (C=O) groups is 1. The van der Waals surface area contributed by atoms with Crippen molar-refractivity contribution in [2.45, 2.75) is 57.6 Å². The van der Waals surface area contributed by atoms with Crippen LogP contribution in [0, 0.1) is 5.92 Å². The molecule has 2 saturated carbocycles. The first-order valence-corrected chi connectivity index (χ1v) is 9.02. The van der Waals surface area contributed by atoms with Gasteiger partial charge in [-0.25, -0.2) is 0 Å². The average molecular weight is 316 g/mol. The van der Waals surface area contributed by atoms with Gasteiger partial charge in [-0.2, -0.15) is 0 Å². The van der Waals surface area contributed by atoms with Gasteiger partial charge in [-0.05, 0) is 68.7 Å². The van der Waals surface area contributed by atoms with Crippen LogP contribution in [0.3, 0.4) is 0 Å². The second-order valence-corrected chi connectivity index (χ2v) is 6.87. The van der Waals surface area contributed by atoms with Crippen molar-refractivity contribution in [3.63, 3.8) is 0 Å². The van der Waals surface area contributed by atoms with Gasteiger partial charge < -0.3 is 15.4 Å². The molecule has 1 aromatic rings. The molecule has 0 aliphatic heterocycles. The highest BCUT2D eigenvalue weighted by Crippen LogP contribution is 2.27. The molecule has 2 aliphatic rings. The number of benzene rings is 1. The quantitative estimate of drug-likeness (QED) is 0.775. The summed E-state index contributed by atoms with van der Waals surface area (Å²) in [7, 11) is 0. The standard InChI is InChI=1S/C19H28N2O2/c22-19(14-20-12-15-6-7-15)21-13-16-8-10-18(11-9-16)23-17-4-2-1-3-5-17/h8-11,15,17,20H,1-7,12-14H2,(H,21,22). The summed E-state index contributed by atoms with van der Waals surface area (Å²) < 4.78 is 6.02. The molecule has 23 heavy (non-hydrogen) atoms. The van der Waals surface area contributed by atoms with Crippen LogP contribution >= 0.6 is 0 Å². The summed E-state index contributed by atoms with van der Waals surface area (Å²) >= 11 is 0. The van der Waals surface area contributed by atoms with E-state index < -0.39 is 0 Å². The smallest absolute Gasteiger partial charge is 0.234 e. The first kappa shape index (κ1) is 16.3. The predicted octanol–water partition coefficient (Wildman–Crippen LogP) is 3.01.